The summed E-state index contributed by atoms with van der Waals surface area (Å²) in [4.78, 5) is 29.9. The lowest BCUT2D eigenvalue weighted by Crippen LogP contribution is -2.24. The van der Waals surface area contributed by atoms with Crippen LogP contribution in [0.5, 0.6) is 5.88 Å². The Morgan fingerprint density at radius 3 is 2.77 bits per heavy atom. The molecule has 0 radical (unpaired) electrons. The third kappa shape index (κ3) is 3.86. The summed E-state index contributed by atoms with van der Waals surface area (Å²) in [7, 11) is 0. The molecule has 4 aromatic rings. The number of hydrogen-bond donors (Lipinski definition) is 4. The maximum Gasteiger partial charge on any atom is 0.326 e. The van der Waals surface area contributed by atoms with Gasteiger partial charge in [-0.25, -0.2) is 9.79 Å². The van der Waals surface area contributed by atoms with E-state index in [4.69, 9.17) is 5.26 Å². The summed E-state index contributed by atoms with van der Waals surface area (Å²) in [5.74, 6) is 0.110. The van der Waals surface area contributed by atoms with Gasteiger partial charge in [0.25, 0.3) is 5.62 Å². The average molecular weight is 415 g/mol. The number of fused-ring (bicyclic) bond motifs is 1. The predicted octanol–water partition coefficient (Wildman–Crippen LogP) is -0.0591. The van der Waals surface area contributed by atoms with Crippen LogP contribution < -0.4 is 21.8 Å². The van der Waals surface area contributed by atoms with E-state index in [1.807, 2.05) is 12.1 Å². The number of imidazole rings is 1. The second-order valence-electron chi connectivity index (χ2n) is 7.19. The van der Waals surface area contributed by atoms with Crippen LogP contribution in [0.1, 0.15) is 29.7 Å². The number of nitrogens with one attached hydrogen (secondary N) is 3. The van der Waals surface area contributed by atoms with E-state index in [-0.39, 0.29) is 17.6 Å². The summed E-state index contributed by atoms with van der Waals surface area (Å²) in [6.07, 6.45) is 5.18. The van der Waals surface area contributed by atoms with Crippen molar-refractivity contribution in [1.82, 2.24) is 29.5 Å². The Labute approximate surface area is 174 Å². The number of nitrogens with zero attached hydrogens (tertiary/aromatic N) is 6. The lowest BCUT2D eigenvalue weighted by atomic mass is 10.1. The molecule has 31 heavy (non-hydrogen) atoms. The molecule has 1 saturated carbocycles. The van der Waals surface area contributed by atoms with E-state index in [1.165, 1.54) is 0 Å². The highest BCUT2D eigenvalue weighted by Gasteiger charge is 2.21. The minimum absolute atomic E-state index is 0.228. The fourth-order valence-electron chi connectivity index (χ4n) is 3.04. The van der Waals surface area contributed by atoms with Gasteiger partial charge in [-0.15, -0.1) is 0 Å². The van der Waals surface area contributed by atoms with Crippen molar-refractivity contribution in [3.8, 4) is 11.9 Å². The lowest BCUT2D eigenvalue weighted by molar-refractivity contribution is 0.454. The zero-order valence-electron chi connectivity index (χ0n) is 16.2. The number of hydrogen-bond acceptors (Lipinski definition) is 8. The number of aromatic amines is 2. The van der Waals surface area contributed by atoms with E-state index in [1.54, 1.807) is 28.9 Å². The van der Waals surface area contributed by atoms with Gasteiger partial charge in [0, 0.05) is 11.8 Å². The van der Waals surface area contributed by atoms with Gasteiger partial charge in [0.1, 0.15) is 5.69 Å². The van der Waals surface area contributed by atoms with Crippen molar-refractivity contribution in [2.75, 3.05) is 5.32 Å². The highest BCUT2D eigenvalue weighted by Crippen LogP contribution is 2.22. The number of rotatable bonds is 5. The molecule has 154 valence electrons. The molecular weight excluding hydrogens is 398 g/mol. The van der Waals surface area contributed by atoms with Crippen LogP contribution in [0.25, 0.3) is 11.7 Å². The van der Waals surface area contributed by atoms with Crippen molar-refractivity contribution in [2.24, 2.45) is 4.99 Å². The Kier molecular flexibility index (Phi) is 4.44. The maximum atomic E-state index is 11.4. The van der Waals surface area contributed by atoms with Crippen molar-refractivity contribution in [3.63, 3.8) is 0 Å². The Morgan fingerprint density at radius 1 is 1.29 bits per heavy atom. The van der Waals surface area contributed by atoms with Gasteiger partial charge in [0.15, 0.2) is 5.65 Å². The van der Waals surface area contributed by atoms with Crippen LogP contribution in [-0.2, 0) is 6.54 Å². The fraction of sp³-hybridized carbons (Fsp3) is 0.200. The Hall–Kier alpha value is -4.46. The monoisotopic (exact) mass is 415 g/mol. The Balaban J connectivity index is 1.56. The average Bonchev–Trinajstić information content (AvgIpc) is 3.41. The molecule has 4 N–H and O–H groups in total. The number of aromatic nitrogens is 6. The number of benzene rings is 1. The van der Waals surface area contributed by atoms with E-state index in [9.17, 15) is 9.90 Å². The van der Waals surface area contributed by atoms with Gasteiger partial charge in [-0.05, 0) is 36.6 Å². The molecule has 0 spiro atoms. The third-order valence-corrected chi connectivity index (χ3v) is 4.79. The first-order chi connectivity index (χ1) is 15.1. The zero-order valence-corrected chi connectivity index (χ0v) is 16.2. The molecule has 0 aliphatic heterocycles. The molecule has 0 saturated heterocycles. The second kappa shape index (κ2) is 7.42. The van der Waals surface area contributed by atoms with Gasteiger partial charge in [-0.1, -0.05) is 12.1 Å². The van der Waals surface area contributed by atoms with Gasteiger partial charge >= 0.3 is 5.69 Å². The van der Waals surface area contributed by atoms with Gasteiger partial charge in [-0.3, -0.25) is 4.98 Å². The molecule has 0 amide bonds. The maximum absolute atomic E-state index is 11.4. The topological polar surface area (TPSA) is 160 Å². The van der Waals surface area contributed by atoms with E-state index in [0.29, 0.717) is 34.5 Å². The zero-order chi connectivity index (χ0) is 21.4. The molecule has 0 unspecified atom stereocenters. The SMILES string of the molecule is N#Cc1ccc(CNc2nc(=NC3CC3)n3ncc(=Cc4[nH]c(=O)[nH]c4O)c3n2)cc1. The van der Waals surface area contributed by atoms with Crippen LogP contribution >= 0.6 is 0 Å². The minimum Gasteiger partial charge on any atom is -0.493 e. The third-order valence-electron chi connectivity index (χ3n) is 4.79. The van der Waals surface area contributed by atoms with E-state index in [2.05, 4.69) is 41.4 Å². The fourth-order valence-corrected chi connectivity index (χ4v) is 3.04. The van der Waals surface area contributed by atoms with E-state index < -0.39 is 5.69 Å². The second-order valence-corrected chi connectivity index (χ2v) is 7.19. The van der Waals surface area contributed by atoms with Crippen molar-refractivity contribution >= 4 is 17.7 Å². The van der Waals surface area contributed by atoms with Crippen LogP contribution in [0.4, 0.5) is 5.95 Å². The molecule has 1 aromatic carbocycles. The molecule has 1 aliphatic rings. The van der Waals surface area contributed by atoms with Gasteiger partial charge < -0.3 is 15.4 Å². The first-order valence-corrected chi connectivity index (χ1v) is 9.64. The van der Waals surface area contributed by atoms with Crippen LogP contribution in [0.15, 0.2) is 40.2 Å². The Morgan fingerprint density at radius 2 is 2.10 bits per heavy atom. The molecule has 1 fully saturated rings. The molecule has 3 aromatic heterocycles. The van der Waals surface area contributed by atoms with Crippen LogP contribution in [0.3, 0.4) is 0 Å². The summed E-state index contributed by atoms with van der Waals surface area (Å²) in [5.41, 5.74) is 2.20. The summed E-state index contributed by atoms with van der Waals surface area (Å²) in [6, 6.07) is 9.56. The summed E-state index contributed by atoms with van der Waals surface area (Å²) >= 11 is 0. The van der Waals surface area contributed by atoms with Gasteiger partial charge in [-0.2, -0.15) is 24.8 Å². The summed E-state index contributed by atoms with van der Waals surface area (Å²) in [6.45, 7) is 0.462. The molecule has 5 rings (SSSR count). The Bertz CT molecular complexity index is 1480. The van der Waals surface area contributed by atoms with Crippen molar-refractivity contribution < 1.29 is 5.11 Å². The normalized spacial score (nSPS) is 14.8. The van der Waals surface area contributed by atoms with Crippen molar-refractivity contribution in [3.05, 3.63) is 68.6 Å². The minimum atomic E-state index is -0.510. The standard InChI is InChI=1S/C20H17N9O2/c21-8-11-1-3-12(4-2-11)9-22-18-26-16-13(7-15-17(30)27-20(31)25-15)10-23-29(16)19(28-18)24-14-5-6-14/h1-4,7,10,14,30H,5-6,9H2,(H,22,24,28)(H2,25,27,31). The predicted molar refractivity (Wildman–Crippen MR) is 110 cm³/mol. The molecule has 1 aliphatic carbocycles. The van der Waals surface area contributed by atoms with Gasteiger partial charge in [0.2, 0.25) is 11.8 Å². The van der Waals surface area contributed by atoms with Crippen LogP contribution in [0, 0.1) is 11.3 Å². The first-order valence-electron chi connectivity index (χ1n) is 9.64. The van der Waals surface area contributed by atoms with Crippen molar-refractivity contribution in [2.45, 2.75) is 25.4 Å². The highest BCUT2D eigenvalue weighted by molar-refractivity contribution is 5.57. The van der Waals surface area contributed by atoms with Gasteiger partial charge in [0.05, 0.1) is 23.9 Å². The number of nitriles is 1. The molecule has 3 heterocycles. The van der Waals surface area contributed by atoms with Crippen LogP contribution in [-0.4, -0.2) is 40.7 Å². The van der Waals surface area contributed by atoms with Crippen molar-refractivity contribution in [1.29, 1.82) is 5.26 Å². The number of anilines is 1. The summed E-state index contributed by atoms with van der Waals surface area (Å²) in [5, 5.41) is 26.9. The number of aromatic hydroxyl groups is 1. The smallest absolute Gasteiger partial charge is 0.326 e. The first kappa shape index (κ1) is 18.6. The molecule has 11 heteroatoms. The quantitative estimate of drug-likeness (QED) is 0.355. The van der Waals surface area contributed by atoms with E-state index in [0.717, 1.165) is 18.4 Å². The summed E-state index contributed by atoms with van der Waals surface area (Å²) < 4.78 is 1.54. The molecular formula is C20H17N9O2. The molecule has 0 bridgehead atoms. The molecule has 0 atom stereocenters. The molecule has 11 nitrogen and oxygen atoms in total. The van der Waals surface area contributed by atoms with Crippen LogP contribution in [0.2, 0.25) is 0 Å². The lowest BCUT2D eigenvalue weighted by Gasteiger charge is -2.05. The highest BCUT2D eigenvalue weighted by atomic mass is 16.3. The number of H-pyrrole nitrogens is 2. The van der Waals surface area contributed by atoms with E-state index >= 15 is 0 Å². The largest absolute Gasteiger partial charge is 0.493 e.